The highest BCUT2D eigenvalue weighted by Crippen LogP contribution is 2.38. The van der Waals surface area contributed by atoms with Gasteiger partial charge in [0.15, 0.2) is 5.82 Å². The average molecular weight is 432 g/mol. The summed E-state index contributed by atoms with van der Waals surface area (Å²) in [7, 11) is 1.69. The number of carbonyl (C=O) groups is 1. The molecule has 5 rings (SSSR count). The molecule has 1 aromatic carbocycles. The Balaban J connectivity index is 1.35. The number of rotatable bonds is 6. The molecule has 9 nitrogen and oxygen atoms in total. The summed E-state index contributed by atoms with van der Waals surface area (Å²) in [6.07, 6.45) is 7.28. The fourth-order valence-electron chi connectivity index (χ4n) is 4.32. The fourth-order valence-corrected chi connectivity index (χ4v) is 4.32. The fraction of sp³-hybridized carbons (Fsp3) is 0.348. The monoisotopic (exact) mass is 432 g/mol. The van der Waals surface area contributed by atoms with E-state index in [-0.39, 0.29) is 11.3 Å². The Hall–Kier alpha value is -3.59. The van der Waals surface area contributed by atoms with Crippen molar-refractivity contribution in [3.63, 3.8) is 0 Å². The summed E-state index contributed by atoms with van der Waals surface area (Å²) in [4.78, 5) is 31.1. The minimum absolute atomic E-state index is 0.0194. The number of hydrogen-bond donors (Lipinski definition) is 1. The SMILES string of the molecule is COCCC1(c2noc(-c3cccnc3)n2)CCN(C(=O)c2ccc3nc[nH]c3c2)CC1. The summed E-state index contributed by atoms with van der Waals surface area (Å²) in [6, 6.07) is 9.29. The average Bonchev–Trinajstić information content (AvgIpc) is 3.53. The normalized spacial score (nSPS) is 15.8. The second kappa shape index (κ2) is 8.51. The quantitative estimate of drug-likeness (QED) is 0.498. The van der Waals surface area contributed by atoms with Crippen molar-refractivity contribution in [1.29, 1.82) is 0 Å². The Morgan fingerprint density at radius 2 is 2.16 bits per heavy atom. The molecule has 0 spiro atoms. The van der Waals surface area contributed by atoms with Crippen LogP contribution in [-0.4, -0.2) is 62.7 Å². The predicted molar refractivity (Wildman–Crippen MR) is 117 cm³/mol. The van der Waals surface area contributed by atoms with E-state index in [2.05, 4.69) is 20.1 Å². The van der Waals surface area contributed by atoms with Crippen LogP contribution in [-0.2, 0) is 10.2 Å². The van der Waals surface area contributed by atoms with Crippen LogP contribution >= 0.6 is 0 Å². The number of amides is 1. The maximum Gasteiger partial charge on any atom is 0.259 e. The molecular formula is C23H24N6O3. The lowest BCUT2D eigenvalue weighted by atomic mass is 9.75. The van der Waals surface area contributed by atoms with E-state index in [0.29, 0.717) is 37.0 Å². The van der Waals surface area contributed by atoms with Crippen molar-refractivity contribution in [2.45, 2.75) is 24.7 Å². The number of likely N-dealkylation sites (tertiary alicyclic amines) is 1. The van der Waals surface area contributed by atoms with Gasteiger partial charge in [0.1, 0.15) is 0 Å². The van der Waals surface area contributed by atoms with Crippen LogP contribution in [0.3, 0.4) is 0 Å². The number of hydrogen-bond acceptors (Lipinski definition) is 7. The lowest BCUT2D eigenvalue weighted by Gasteiger charge is -2.39. The second-order valence-electron chi connectivity index (χ2n) is 8.11. The molecule has 32 heavy (non-hydrogen) atoms. The van der Waals surface area contributed by atoms with Gasteiger partial charge in [-0.1, -0.05) is 5.16 Å². The van der Waals surface area contributed by atoms with Gasteiger partial charge in [0.2, 0.25) is 0 Å². The van der Waals surface area contributed by atoms with Crippen molar-refractivity contribution >= 4 is 16.9 Å². The number of aromatic nitrogens is 5. The van der Waals surface area contributed by atoms with Gasteiger partial charge < -0.3 is 19.1 Å². The Kier molecular flexibility index (Phi) is 5.40. The number of pyridine rings is 1. The number of piperidine rings is 1. The molecule has 0 unspecified atom stereocenters. The highest BCUT2D eigenvalue weighted by Gasteiger charge is 2.41. The van der Waals surface area contributed by atoms with Crippen LogP contribution < -0.4 is 0 Å². The van der Waals surface area contributed by atoms with Crippen LogP contribution in [0.4, 0.5) is 0 Å². The number of aromatic amines is 1. The first-order valence-corrected chi connectivity index (χ1v) is 10.6. The standard InChI is InChI=1S/C23H24N6O3/c1-31-12-8-23(22-27-20(32-28-22)17-3-2-9-24-14-17)6-10-29(11-7-23)21(30)16-4-5-18-19(13-16)26-15-25-18/h2-5,9,13-15H,6-8,10-12H2,1H3,(H,25,26). The van der Waals surface area contributed by atoms with Crippen molar-refractivity contribution < 1.29 is 14.1 Å². The molecular weight excluding hydrogens is 408 g/mol. The maximum absolute atomic E-state index is 13.1. The van der Waals surface area contributed by atoms with E-state index in [1.54, 1.807) is 25.8 Å². The van der Waals surface area contributed by atoms with E-state index < -0.39 is 0 Å². The van der Waals surface area contributed by atoms with Crippen molar-refractivity contribution in [2.24, 2.45) is 0 Å². The van der Waals surface area contributed by atoms with Gasteiger partial charge in [-0.25, -0.2) is 4.98 Å². The number of methoxy groups -OCH3 is 1. The highest BCUT2D eigenvalue weighted by atomic mass is 16.5. The van der Waals surface area contributed by atoms with Gasteiger partial charge in [-0.3, -0.25) is 9.78 Å². The summed E-state index contributed by atoms with van der Waals surface area (Å²) in [6.45, 7) is 1.81. The van der Waals surface area contributed by atoms with E-state index >= 15 is 0 Å². The van der Waals surface area contributed by atoms with Crippen LogP contribution in [0.1, 0.15) is 35.4 Å². The van der Waals surface area contributed by atoms with Crippen LogP contribution in [0.5, 0.6) is 0 Å². The molecule has 164 valence electrons. The Bertz CT molecular complexity index is 1210. The van der Waals surface area contributed by atoms with Crippen molar-refractivity contribution in [1.82, 2.24) is 30.0 Å². The Morgan fingerprint density at radius 1 is 1.28 bits per heavy atom. The van der Waals surface area contributed by atoms with Crippen LogP contribution in [0.2, 0.25) is 0 Å². The van der Waals surface area contributed by atoms with E-state index in [4.69, 9.17) is 14.2 Å². The van der Waals surface area contributed by atoms with Gasteiger partial charge in [-0.2, -0.15) is 4.98 Å². The Labute approximate surface area is 184 Å². The van der Waals surface area contributed by atoms with E-state index in [1.165, 1.54) is 0 Å². The number of nitrogens with zero attached hydrogens (tertiary/aromatic N) is 5. The molecule has 1 aliphatic heterocycles. The van der Waals surface area contributed by atoms with Crippen molar-refractivity contribution in [3.8, 4) is 11.5 Å². The van der Waals surface area contributed by atoms with E-state index in [0.717, 1.165) is 35.9 Å². The summed E-state index contributed by atoms with van der Waals surface area (Å²) in [5.41, 5.74) is 2.85. The molecule has 1 fully saturated rings. The molecule has 0 atom stereocenters. The van der Waals surface area contributed by atoms with Crippen LogP contribution in [0.25, 0.3) is 22.5 Å². The first kappa shape index (κ1) is 20.3. The van der Waals surface area contributed by atoms with Crippen LogP contribution in [0, 0.1) is 0 Å². The molecule has 1 saturated heterocycles. The van der Waals surface area contributed by atoms with E-state index in [9.17, 15) is 4.79 Å². The largest absolute Gasteiger partial charge is 0.385 e. The zero-order valence-electron chi connectivity index (χ0n) is 17.8. The second-order valence-corrected chi connectivity index (χ2v) is 8.11. The van der Waals surface area contributed by atoms with Crippen molar-refractivity contribution in [2.75, 3.05) is 26.8 Å². The summed E-state index contributed by atoms with van der Waals surface area (Å²) in [5.74, 6) is 1.14. The summed E-state index contributed by atoms with van der Waals surface area (Å²) < 4.78 is 10.9. The first-order valence-electron chi connectivity index (χ1n) is 10.6. The zero-order valence-corrected chi connectivity index (χ0v) is 17.8. The number of imidazole rings is 1. The van der Waals surface area contributed by atoms with Gasteiger partial charge in [0, 0.05) is 50.2 Å². The van der Waals surface area contributed by atoms with Crippen molar-refractivity contribution in [3.05, 3.63) is 60.4 Å². The highest BCUT2D eigenvalue weighted by molar-refractivity contribution is 5.97. The Morgan fingerprint density at radius 3 is 2.94 bits per heavy atom. The minimum Gasteiger partial charge on any atom is -0.385 e. The zero-order chi connectivity index (χ0) is 22.0. The molecule has 0 radical (unpaired) electrons. The van der Waals surface area contributed by atoms with Gasteiger partial charge in [0.05, 0.1) is 22.9 Å². The van der Waals surface area contributed by atoms with Gasteiger partial charge in [-0.15, -0.1) is 0 Å². The molecule has 3 aromatic heterocycles. The van der Waals surface area contributed by atoms with E-state index in [1.807, 2.05) is 35.2 Å². The molecule has 1 aliphatic rings. The molecule has 1 amide bonds. The summed E-state index contributed by atoms with van der Waals surface area (Å²) >= 11 is 0. The van der Waals surface area contributed by atoms with Crippen LogP contribution in [0.15, 0.2) is 53.6 Å². The molecule has 0 aliphatic carbocycles. The molecule has 0 saturated carbocycles. The number of benzene rings is 1. The van der Waals surface area contributed by atoms with Gasteiger partial charge >= 0.3 is 0 Å². The minimum atomic E-state index is -0.302. The van der Waals surface area contributed by atoms with Gasteiger partial charge in [0.25, 0.3) is 11.8 Å². The third kappa shape index (κ3) is 3.75. The number of ether oxygens (including phenoxy) is 1. The predicted octanol–water partition coefficient (Wildman–Crippen LogP) is 3.22. The number of fused-ring (bicyclic) bond motifs is 1. The third-order valence-corrected chi connectivity index (χ3v) is 6.27. The lowest BCUT2D eigenvalue weighted by molar-refractivity contribution is 0.0616. The topological polar surface area (TPSA) is 110 Å². The lowest BCUT2D eigenvalue weighted by Crippen LogP contribution is -2.46. The molecule has 9 heteroatoms. The molecule has 1 N–H and O–H groups in total. The molecule has 0 bridgehead atoms. The maximum atomic E-state index is 13.1. The smallest absolute Gasteiger partial charge is 0.259 e. The summed E-state index contributed by atoms with van der Waals surface area (Å²) in [5, 5.41) is 4.31. The molecule has 4 heterocycles. The van der Waals surface area contributed by atoms with Gasteiger partial charge in [-0.05, 0) is 49.6 Å². The number of carbonyl (C=O) groups excluding carboxylic acids is 1. The first-order chi connectivity index (χ1) is 15.7. The number of H-pyrrole nitrogens is 1. The number of nitrogens with one attached hydrogen (secondary N) is 1. The molecule has 4 aromatic rings. The third-order valence-electron chi connectivity index (χ3n) is 6.27.